The van der Waals surface area contributed by atoms with Crippen LogP contribution in [0.1, 0.15) is 37.9 Å². The van der Waals surface area contributed by atoms with Gasteiger partial charge in [0.1, 0.15) is 5.52 Å². The highest BCUT2D eigenvalue weighted by molar-refractivity contribution is 5.77. The number of aryl methyl sites for hydroxylation is 2. The minimum atomic E-state index is 0.481. The summed E-state index contributed by atoms with van der Waals surface area (Å²) in [5, 5.41) is 4.43. The zero-order valence-corrected chi connectivity index (χ0v) is 10.6. The first-order valence-corrected chi connectivity index (χ1v) is 6.26. The van der Waals surface area contributed by atoms with Crippen molar-refractivity contribution in [3.8, 4) is 0 Å². The van der Waals surface area contributed by atoms with Gasteiger partial charge in [-0.1, -0.05) is 13.3 Å². The number of nitrogens with two attached hydrogens (primary N) is 1. The molecule has 1 saturated carbocycles. The average molecular weight is 233 g/mol. The lowest BCUT2D eigenvalue weighted by molar-refractivity contribution is 0.416. The van der Waals surface area contributed by atoms with Crippen LogP contribution >= 0.6 is 0 Å². The highest BCUT2D eigenvalue weighted by Crippen LogP contribution is 2.39. The lowest BCUT2D eigenvalue weighted by Gasteiger charge is -2.19. The Kier molecular flexibility index (Phi) is 2.18. The van der Waals surface area contributed by atoms with E-state index < -0.39 is 0 Å². The fourth-order valence-electron chi connectivity index (χ4n) is 3.15. The maximum atomic E-state index is 6.09. The largest absolute Gasteiger partial charge is 0.369 e. The number of nitrogen functional groups attached to an aromatic ring is 1. The normalized spacial score (nSPS) is 24.9. The Morgan fingerprint density at radius 1 is 1.35 bits per heavy atom. The monoisotopic (exact) mass is 233 g/mol. The second-order valence-electron chi connectivity index (χ2n) is 5.20. The van der Waals surface area contributed by atoms with E-state index in [2.05, 4.69) is 21.6 Å². The summed E-state index contributed by atoms with van der Waals surface area (Å²) in [6.45, 7) is 4.28. The molecular weight excluding hydrogens is 214 g/mol. The van der Waals surface area contributed by atoms with Crippen molar-refractivity contribution in [2.24, 2.45) is 13.0 Å². The molecule has 5 nitrogen and oxygen atoms in total. The molecule has 0 spiro atoms. The number of hydrogen-bond acceptors (Lipinski definition) is 3. The maximum absolute atomic E-state index is 6.09. The first-order valence-electron chi connectivity index (χ1n) is 6.26. The van der Waals surface area contributed by atoms with E-state index in [-0.39, 0.29) is 0 Å². The molecule has 2 aromatic heterocycles. The van der Waals surface area contributed by atoms with E-state index >= 15 is 0 Å². The van der Waals surface area contributed by atoms with Gasteiger partial charge in [-0.2, -0.15) is 5.10 Å². The Hall–Kier alpha value is -1.52. The number of hydrogen-bond donors (Lipinski definition) is 1. The predicted octanol–water partition coefficient (Wildman–Crippen LogP) is 2.02. The van der Waals surface area contributed by atoms with E-state index in [9.17, 15) is 0 Å². The van der Waals surface area contributed by atoms with Gasteiger partial charge in [0.2, 0.25) is 5.95 Å². The Labute approximate surface area is 101 Å². The summed E-state index contributed by atoms with van der Waals surface area (Å²) in [6.07, 6.45) is 3.75. The summed E-state index contributed by atoms with van der Waals surface area (Å²) in [4.78, 5) is 4.47. The zero-order chi connectivity index (χ0) is 12.2. The van der Waals surface area contributed by atoms with E-state index in [1.807, 2.05) is 18.7 Å². The molecule has 5 heteroatoms. The standard InChI is InChI=1S/C12H19N5/c1-7-5-4-6-9(7)17-11-10(14-12(17)13)8(2)15-16(11)3/h7,9H,4-6H2,1-3H3,(H2,13,14). The van der Waals surface area contributed by atoms with Crippen LogP contribution in [0.5, 0.6) is 0 Å². The fraction of sp³-hybridized carbons (Fsp3) is 0.667. The van der Waals surface area contributed by atoms with E-state index in [1.54, 1.807) is 0 Å². The molecule has 2 heterocycles. The van der Waals surface area contributed by atoms with Crippen LogP contribution in [-0.2, 0) is 7.05 Å². The van der Waals surface area contributed by atoms with Gasteiger partial charge in [0, 0.05) is 13.1 Å². The molecule has 2 unspecified atom stereocenters. The minimum Gasteiger partial charge on any atom is -0.369 e. The molecular formula is C12H19N5. The molecule has 2 aromatic rings. The summed E-state index contributed by atoms with van der Waals surface area (Å²) >= 11 is 0. The molecule has 2 atom stereocenters. The Balaban J connectivity index is 2.24. The van der Waals surface area contributed by atoms with Crippen molar-refractivity contribution in [1.29, 1.82) is 0 Å². The van der Waals surface area contributed by atoms with Crippen molar-refractivity contribution in [3.05, 3.63) is 5.69 Å². The summed E-state index contributed by atoms with van der Waals surface area (Å²) in [7, 11) is 1.96. The minimum absolute atomic E-state index is 0.481. The van der Waals surface area contributed by atoms with Crippen molar-refractivity contribution in [2.45, 2.75) is 39.2 Å². The fourth-order valence-corrected chi connectivity index (χ4v) is 3.15. The molecule has 1 fully saturated rings. The molecule has 0 radical (unpaired) electrons. The van der Waals surface area contributed by atoms with Gasteiger partial charge in [-0.15, -0.1) is 0 Å². The highest BCUT2D eigenvalue weighted by Gasteiger charge is 2.29. The van der Waals surface area contributed by atoms with E-state index in [0.717, 1.165) is 16.9 Å². The molecule has 0 aliphatic heterocycles. The van der Waals surface area contributed by atoms with E-state index in [4.69, 9.17) is 5.73 Å². The summed E-state index contributed by atoms with van der Waals surface area (Å²) in [5.41, 5.74) is 9.06. The lowest BCUT2D eigenvalue weighted by atomic mass is 10.1. The van der Waals surface area contributed by atoms with Crippen molar-refractivity contribution in [1.82, 2.24) is 19.3 Å². The van der Waals surface area contributed by atoms with Crippen LogP contribution in [0.4, 0.5) is 5.95 Å². The summed E-state index contributed by atoms with van der Waals surface area (Å²) in [5.74, 6) is 1.31. The molecule has 0 amide bonds. The van der Waals surface area contributed by atoms with Gasteiger partial charge in [-0.25, -0.2) is 4.98 Å². The third kappa shape index (κ3) is 1.38. The van der Waals surface area contributed by atoms with E-state index in [0.29, 0.717) is 17.9 Å². The number of fused-ring (bicyclic) bond motifs is 1. The Morgan fingerprint density at radius 3 is 2.76 bits per heavy atom. The van der Waals surface area contributed by atoms with Crippen LogP contribution in [0.15, 0.2) is 0 Å². The van der Waals surface area contributed by atoms with Gasteiger partial charge in [-0.05, 0) is 25.7 Å². The van der Waals surface area contributed by atoms with Crippen LogP contribution in [0.3, 0.4) is 0 Å². The Bertz CT molecular complexity index is 565. The topological polar surface area (TPSA) is 61.7 Å². The van der Waals surface area contributed by atoms with Gasteiger partial charge in [0.15, 0.2) is 5.65 Å². The number of aromatic nitrogens is 4. The van der Waals surface area contributed by atoms with Crippen molar-refractivity contribution in [2.75, 3.05) is 5.73 Å². The van der Waals surface area contributed by atoms with Gasteiger partial charge < -0.3 is 5.73 Å². The molecule has 0 aromatic carbocycles. The quantitative estimate of drug-likeness (QED) is 0.819. The number of anilines is 1. The third-order valence-corrected chi connectivity index (χ3v) is 4.01. The second-order valence-corrected chi connectivity index (χ2v) is 5.20. The zero-order valence-electron chi connectivity index (χ0n) is 10.6. The molecule has 3 rings (SSSR count). The van der Waals surface area contributed by atoms with Gasteiger partial charge in [-0.3, -0.25) is 9.25 Å². The van der Waals surface area contributed by atoms with E-state index in [1.165, 1.54) is 19.3 Å². The average Bonchev–Trinajstić information content (AvgIpc) is 2.87. The second kappa shape index (κ2) is 3.48. The molecule has 1 aliphatic rings. The van der Waals surface area contributed by atoms with Crippen LogP contribution in [0.2, 0.25) is 0 Å². The highest BCUT2D eigenvalue weighted by atomic mass is 15.4. The molecule has 0 bridgehead atoms. The van der Waals surface area contributed by atoms with Crippen LogP contribution in [-0.4, -0.2) is 19.3 Å². The number of rotatable bonds is 1. The summed E-state index contributed by atoms with van der Waals surface area (Å²) < 4.78 is 4.09. The molecule has 0 saturated heterocycles. The van der Waals surface area contributed by atoms with Crippen LogP contribution in [0, 0.1) is 12.8 Å². The van der Waals surface area contributed by atoms with Crippen LogP contribution in [0.25, 0.3) is 11.2 Å². The predicted molar refractivity (Wildman–Crippen MR) is 67.7 cm³/mol. The first kappa shape index (κ1) is 10.6. The molecule has 1 aliphatic carbocycles. The van der Waals surface area contributed by atoms with Crippen molar-refractivity contribution >= 4 is 17.1 Å². The Morgan fingerprint density at radius 2 is 2.12 bits per heavy atom. The van der Waals surface area contributed by atoms with Gasteiger partial charge in [0.25, 0.3) is 0 Å². The maximum Gasteiger partial charge on any atom is 0.202 e. The van der Waals surface area contributed by atoms with Crippen molar-refractivity contribution in [3.63, 3.8) is 0 Å². The smallest absolute Gasteiger partial charge is 0.202 e. The third-order valence-electron chi connectivity index (χ3n) is 4.01. The number of nitrogens with zero attached hydrogens (tertiary/aromatic N) is 4. The number of imidazole rings is 1. The van der Waals surface area contributed by atoms with Gasteiger partial charge >= 0.3 is 0 Å². The SMILES string of the molecule is Cc1nn(C)c2c1nc(N)n2C1CCCC1C. The van der Waals surface area contributed by atoms with Crippen molar-refractivity contribution < 1.29 is 0 Å². The lowest BCUT2D eigenvalue weighted by Crippen LogP contribution is -2.16. The molecule has 17 heavy (non-hydrogen) atoms. The first-order chi connectivity index (χ1) is 8.09. The van der Waals surface area contributed by atoms with Crippen LogP contribution < -0.4 is 5.73 Å². The van der Waals surface area contributed by atoms with Gasteiger partial charge in [0.05, 0.1) is 5.69 Å². The molecule has 92 valence electrons. The molecule has 2 N–H and O–H groups in total. The summed E-state index contributed by atoms with van der Waals surface area (Å²) in [6, 6.07) is 0.481.